The molecule has 0 radical (unpaired) electrons. The zero-order chi connectivity index (χ0) is 8.60. The van der Waals surface area contributed by atoms with E-state index in [2.05, 4.69) is 5.92 Å². The first kappa shape index (κ1) is 8.13. The average molecular weight is 164 g/mol. The fourth-order valence-electron chi connectivity index (χ4n) is 2.29. The minimum absolute atomic E-state index is 0.135. The van der Waals surface area contributed by atoms with Crippen molar-refractivity contribution in [3.8, 4) is 12.3 Å². The molecule has 0 saturated heterocycles. The largest absolute Gasteiger partial charge is 0.380 e. The van der Waals surface area contributed by atoms with Crippen LogP contribution in [0.3, 0.4) is 0 Å². The molecule has 0 amide bonds. The van der Waals surface area contributed by atoms with Crippen LogP contribution in [0, 0.1) is 23.7 Å². The van der Waals surface area contributed by atoms with Crippen LogP contribution in [0.1, 0.15) is 38.5 Å². The zero-order valence-electron chi connectivity index (χ0n) is 7.42. The Labute approximate surface area is 74.2 Å². The molecular formula is C11H16O. The van der Waals surface area contributed by atoms with Gasteiger partial charge in [0.25, 0.3) is 0 Å². The Kier molecular flexibility index (Phi) is 1.88. The molecule has 2 fully saturated rings. The SMILES string of the molecule is C#CC(O)C1(CC2CC2)CCC1. The fraction of sp³-hybridized carbons (Fsp3) is 0.818. The molecular weight excluding hydrogens is 148 g/mol. The van der Waals surface area contributed by atoms with Crippen molar-refractivity contribution in [1.82, 2.24) is 0 Å². The van der Waals surface area contributed by atoms with Gasteiger partial charge in [0.05, 0.1) is 0 Å². The molecule has 1 N–H and O–H groups in total. The molecule has 0 spiro atoms. The predicted molar refractivity (Wildman–Crippen MR) is 48.5 cm³/mol. The molecule has 1 unspecified atom stereocenters. The fourth-order valence-corrected chi connectivity index (χ4v) is 2.29. The van der Waals surface area contributed by atoms with Crippen molar-refractivity contribution in [1.29, 1.82) is 0 Å². The minimum atomic E-state index is -0.480. The molecule has 2 rings (SSSR count). The van der Waals surface area contributed by atoms with Crippen molar-refractivity contribution >= 4 is 0 Å². The van der Waals surface area contributed by atoms with Crippen LogP contribution in [-0.2, 0) is 0 Å². The second kappa shape index (κ2) is 2.78. The second-order valence-electron chi connectivity index (χ2n) is 4.43. The molecule has 2 aliphatic carbocycles. The summed E-state index contributed by atoms with van der Waals surface area (Å²) in [6, 6.07) is 0. The Balaban J connectivity index is 1.97. The summed E-state index contributed by atoms with van der Waals surface area (Å²) >= 11 is 0. The van der Waals surface area contributed by atoms with Crippen LogP contribution in [-0.4, -0.2) is 11.2 Å². The van der Waals surface area contributed by atoms with Gasteiger partial charge in [-0.3, -0.25) is 0 Å². The van der Waals surface area contributed by atoms with Crippen LogP contribution in [0.15, 0.2) is 0 Å². The molecule has 0 heterocycles. The second-order valence-corrected chi connectivity index (χ2v) is 4.43. The smallest absolute Gasteiger partial charge is 0.120 e. The standard InChI is InChI=1S/C11H16O/c1-2-10(12)11(6-3-7-11)8-9-4-5-9/h1,9-10,12H,3-8H2. The summed E-state index contributed by atoms with van der Waals surface area (Å²) in [5.41, 5.74) is 0.135. The third-order valence-corrected chi connectivity index (χ3v) is 3.48. The van der Waals surface area contributed by atoms with Gasteiger partial charge in [0.1, 0.15) is 6.10 Å². The van der Waals surface area contributed by atoms with E-state index in [1.54, 1.807) is 0 Å². The Morgan fingerprint density at radius 3 is 2.50 bits per heavy atom. The maximum Gasteiger partial charge on any atom is 0.120 e. The van der Waals surface area contributed by atoms with Crippen LogP contribution in [0.25, 0.3) is 0 Å². The third-order valence-electron chi connectivity index (χ3n) is 3.48. The highest BCUT2D eigenvalue weighted by atomic mass is 16.3. The van der Waals surface area contributed by atoms with Crippen LogP contribution in [0.4, 0.5) is 0 Å². The van der Waals surface area contributed by atoms with Crippen molar-refractivity contribution in [2.75, 3.05) is 0 Å². The Hall–Kier alpha value is -0.480. The minimum Gasteiger partial charge on any atom is -0.380 e. The first-order chi connectivity index (χ1) is 5.77. The number of hydrogen-bond donors (Lipinski definition) is 1. The van der Waals surface area contributed by atoms with Gasteiger partial charge in [-0.2, -0.15) is 0 Å². The summed E-state index contributed by atoms with van der Waals surface area (Å²) in [7, 11) is 0. The molecule has 2 aliphatic rings. The highest BCUT2D eigenvalue weighted by Gasteiger charge is 2.45. The number of terminal acetylenes is 1. The van der Waals surface area contributed by atoms with Crippen LogP contribution in [0.5, 0.6) is 0 Å². The molecule has 0 bridgehead atoms. The molecule has 0 aromatic heterocycles. The van der Waals surface area contributed by atoms with Gasteiger partial charge in [-0.1, -0.05) is 25.2 Å². The van der Waals surface area contributed by atoms with E-state index in [0.29, 0.717) is 0 Å². The summed E-state index contributed by atoms with van der Waals surface area (Å²) in [6.07, 6.45) is 12.2. The summed E-state index contributed by atoms with van der Waals surface area (Å²) < 4.78 is 0. The normalized spacial score (nSPS) is 28.7. The van der Waals surface area contributed by atoms with Gasteiger partial charge in [0, 0.05) is 5.41 Å². The lowest BCUT2D eigenvalue weighted by Gasteiger charge is -2.44. The molecule has 0 aromatic carbocycles. The van der Waals surface area contributed by atoms with Gasteiger partial charge in [-0.15, -0.1) is 6.42 Å². The highest BCUT2D eigenvalue weighted by molar-refractivity contribution is 5.08. The van der Waals surface area contributed by atoms with Gasteiger partial charge in [0.15, 0.2) is 0 Å². The first-order valence-corrected chi connectivity index (χ1v) is 4.91. The maximum atomic E-state index is 9.67. The molecule has 0 aliphatic heterocycles. The number of aliphatic hydroxyl groups excluding tert-OH is 1. The van der Waals surface area contributed by atoms with Gasteiger partial charge >= 0.3 is 0 Å². The van der Waals surface area contributed by atoms with Crippen LogP contribution >= 0.6 is 0 Å². The van der Waals surface area contributed by atoms with Crippen molar-refractivity contribution < 1.29 is 5.11 Å². The summed E-state index contributed by atoms with van der Waals surface area (Å²) in [6.45, 7) is 0. The van der Waals surface area contributed by atoms with E-state index in [-0.39, 0.29) is 5.41 Å². The van der Waals surface area contributed by atoms with E-state index in [1.165, 1.54) is 25.7 Å². The zero-order valence-corrected chi connectivity index (χ0v) is 7.42. The molecule has 2 saturated carbocycles. The summed E-state index contributed by atoms with van der Waals surface area (Å²) in [5, 5.41) is 9.67. The van der Waals surface area contributed by atoms with E-state index in [9.17, 15) is 5.11 Å². The van der Waals surface area contributed by atoms with E-state index in [1.807, 2.05) is 0 Å². The molecule has 66 valence electrons. The van der Waals surface area contributed by atoms with E-state index >= 15 is 0 Å². The topological polar surface area (TPSA) is 20.2 Å². The van der Waals surface area contributed by atoms with E-state index in [0.717, 1.165) is 18.8 Å². The number of rotatable bonds is 3. The van der Waals surface area contributed by atoms with Gasteiger partial charge < -0.3 is 5.11 Å². The number of hydrogen-bond acceptors (Lipinski definition) is 1. The van der Waals surface area contributed by atoms with Gasteiger partial charge in [0.2, 0.25) is 0 Å². The monoisotopic (exact) mass is 164 g/mol. The molecule has 0 aromatic rings. The van der Waals surface area contributed by atoms with Crippen molar-refractivity contribution in [2.24, 2.45) is 11.3 Å². The quantitative estimate of drug-likeness (QED) is 0.632. The van der Waals surface area contributed by atoms with Crippen LogP contribution < -0.4 is 0 Å². The van der Waals surface area contributed by atoms with Crippen molar-refractivity contribution in [2.45, 2.75) is 44.6 Å². The van der Waals surface area contributed by atoms with Crippen LogP contribution in [0.2, 0.25) is 0 Å². The molecule has 12 heavy (non-hydrogen) atoms. The lowest BCUT2D eigenvalue weighted by molar-refractivity contribution is -0.0111. The number of aliphatic hydroxyl groups is 1. The molecule has 1 atom stereocenters. The Bertz CT molecular complexity index is 206. The summed E-state index contributed by atoms with van der Waals surface area (Å²) in [5.74, 6) is 3.38. The van der Waals surface area contributed by atoms with Crippen molar-refractivity contribution in [3.63, 3.8) is 0 Å². The van der Waals surface area contributed by atoms with Crippen molar-refractivity contribution in [3.05, 3.63) is 0 Å². The summed E-state index contributed by atoms with van der Waals surface area (Å²) in [4.78, 5) is 0. The van der Waals surface area contributed by atoms with E-state index < -0.39 is 6.10 Å². The predicted octanol–water partition coefficient (Wildman–Crippen LogP) is 1.95. The Morgan fingerprint density at radius 1 is 1.50 bits per heavy atom. The lowest BCUT2D eigenvalue weighted by Crippen LogP contribution is -2.41. The Morgan fingerprint density at radius 2 is 2.17 bits per heavy atom. The lowest BCUT2D eigenvalue weighted by atomic mass is 9.62. The average Bonchev–Trinajstić information content (AvgIpc) is 2.78. The highest BCUT2D eigenvalue weighted by Crippen LogP contribution is 2.52. The first-order valence-electron chi connectivity index (χ1n) is 4.91. The molecule has 1 nitrogen and oxygen atoms in total. The third kappa shape index (κ3) is 1.25. The van der Waals surface area contributed by atoms with Gasteiger partial charge in [-0.05, 0) is 25.2 Å². The molecule has 1 heteroatoms. The maximum absolute atomic E-state index is 9.67. The van der Waals surface area contributed by atoms with E-state index in [4.69, 9.17) is 6.42 Å². The van der Waals surface area contributed by atoms with Gasteiger partial charge in [-0.25, -0.2) is 0 Å².